The fourth-order valence-corrected chi connectivity index (χ4v) is 4.21. The smallest absolute Gasteiger partial charge is 0.305 e. The predicted molar refractivity (Wildman–Crippen MR) is 103 cm³/mol. The monoisotopic (exact) mass is 348 g/mol. The molecule has 22 heavy (non-hydrogen) atoms. The zero-order chi connectivity index (χ0) is 16.3. The van der Waals surface area contributed by atoms with Crippen molar-refractivity contribution >= 4 is 27.6 Å². The Morgan fingerprint density at radius 3 is 1.86 bits per heavy atom. The van der Waals surface area contributed by atoms with E-state index in [0.717, 1.165) is 12.2 Å². The van der Waals surface area contributed by atoms with Crippen molar-refractivity contribution in [3.8, 4) is 0 Å². The van der Waals surface area contributed by atoms with Gasteiger partial charge in [0.2, 0.25) is 0 Å². The summed E-state index contributed by atoms with van der Waals surface area (Å²) in [6.07, 6.45) is 15.4. The third-order valence-electron chi connectivity index (χ3n) is 3.55. The number of carbonyl (C=O) groups excluding carboxylic acids is 1. The molecule has 2 nitrogen and oxygen atoms in total. The van der Waals surface area contributed by atoms with Crippen molar-refractivity contribution in [1.29, 1.82) is 0 Å². The number of hydrogen-bond donors (Lipinski definition) is 0. The Balaban J connectivity index is 3.01. The van der Waals surface area contributed by atoms with Crippen LogP contribution in [0.15, 0.2) is 0 Å². The maximum absolute atomic E-state index is 11.1. The largest absolute Gasteiger partial charge is 0.465 e. The molecule has 0 aliphatic heterocycles. The highest BCUT2D eigenvalue weighted by Crippen LogP contribution is 2.22. The van der Waals surface area contributed by atoms with Crippen molar-refractivity contribution in [3.05, 3.63) is 0 Å². The summed E-state index contributed by atoms with van der Waals surface area (Å²) in [7, 11) is 3.75. The molecule has 4 heteroatoms. The molecule has 0 unspecified atom stereocenters. The molecule has 0 aromatic carbocycles. The molecule has 132 valence electrons. The summed E-state index contributed by atoms with van der Waals surface area (Å²) in [6.45, 7) is 4.84. The molecule has 0 fully saturated rings. The lowest BCUT2D eigenvalue weighted by atomic mass is 10.1. The van der Waals surface area contributed by atoms with Crippen LogP contribution in [0, 0.1) is 0 Å². The second-order valence-corrected chi connectivity index (χ2v) is 8.50. The van der Waals surface area contributed by atoms with Crippen LogP contribution in [-0.2, 0) is 9.53 Å². The van der Waals surface area contributed by atoms with Crippen molar-refractivity contribution in [1.82, 2.24) is 0 Å². The van der Waals surface area contributed by atoms with Gasteiger partial charge in [0, 0.05) is 17.9 Å². The minimum atomic E-state index is -0.0530. The van der Waals surface area contributed by atoms with Crippen molar-refractivity contribution in [2.24, 2.45) is 0 Å². The summed E-state index contributed by atoms with van der Waals surface area (Å²) in [5.74, 6) is 2.09. The molecule has 0 spiro atoms. The maximum atomic E-state index is 11.1. The van der Waals surface area contributed by atoms with Crippen LogP contribution >= 0.6 is 21.6 Å². The number of rotatable bonds is 17. The quantitative estimate of drug-likeness (QED) is 0.167. The number of ether oxygens (including phenoxy) is 1. The highest BCUT2D eigenvalue weighted by Gasteiger charge is 2.00. The zero-order valence-electron chi connectivity index (χ0n) is 14.7. The van der Waals surface area contributed by atoms with E-state index >= 15 is 0 Å². The maximum Gasteiger partial charge on any atom is 0.305 e. The van der Waals surface area contributed by atoms with Gasteiger partial charge in [-0.05, 0) is 12.8 Å². The molecule has 0 radical (unpaired) electrons. The first-order chi connectivity index (χ1) is 10.8. The number of unbranched alkanes of at least 4 members (excludes halogenated alkanes) is 9. The molecule has 0 N–H and O–H groups in total. The Morgan fingerprint density at radius 1 is 0.727 bits per heavy atom. The lowest BCUT2D eigenvalue weighted by Crippen LogP contribution is -2.06. The van der Waals surface area contributed by atoms with E-state index in [2.05, 4.69) is 6.92 Å². The van der Waals surface area contributed by atoms with Gasteiger partial charge >= 0.3 is 5.97 Å². The van der Waals surface area contributed by atoms with Gasteiger partial charge in [0.15, 0.2) is 0 Å². The van der Waals surface area contributed by atoms with E-state index in [1.807, 2.05) is 28.5 Å². The second-order valence-electron chi connectivity index (χ2n) is 5.80. The van der Waals surface area contributed by atoms with Crippen LogP contribution in [0.5, 0.6) is 0 Å². The highest BCUT2D eigenvalue weighted by atomic mass is 33.1. The summed E-state index contributed by atoms with van der Waals surface area (Å²) in [5, 5.41) is 0. The number of hydrogen-bond acceptors (Lipinski definition) is 4. The van der Waals surface area contributed by atoms with Crippen molar-refractivity contribution < 1.29 is 9.53 Å². The Kier molecular flexibility index (Phi) is 19.4. The number of carbonyl (C=O) groups is 1. The summed E-state index contributed by atoms with van der Waals surface area (Å²) >= 11 is 0. The van der Waals surface area contributed by atoms with E-state index in [1.54, 1.807) is 0 Å². The van der Waals surface area contributed by atoms with E-state index in [1.165, 1.54) is 70.0 Å². The van der Waals surface area contributed by atoms with Crippen molar-refractivity contribution in [2.75, 3.05) is 18.1 Å². The van der Waals surface area contributed by atoms with Crippen LogP contribution in [0.25, 0.3) is 0 Å². The van der Waals surface area contributed by atoms with Gasteiger partial charge in [0.1, 0.15) is 6.61 Å². The summed E-state index contributed by atoms with van der Waals surface area (Å²) in [4.78, 5) is 11.1. The molecular weight excluding hydrogens is 312 g/mol. The molecule has 0 saturated heterocycles. The molecular formula is C18H36O2S2. The van der Waals surface area contributed by atoms with Crippen LogP contribution in [0.4, 0.5) is 0 Å². The molecule has 0 bridgehead atoms. The lowest BCUT2D eigenvalue weighted by Gasteiger charge is -2.04. The first-order valence-electron chi connectivity index (χ1n) is 9.21. The fraction of sp³-hybridized carbons (Fsp3) is 0.944. The Morgan fingerprint density at radius 2 is 1.27 bits per heavy atom. The summed E-state index contributed by atoms with van der Waals surface area (Å²) in [6, 6.07) is 0. The van der Waals surface area contributed by atoms with E-state index in [-0.39, 0.29) is 5.97 Å². The van der Waals surface area contributed by atoms with Crippen LogP contribution in [0.1, 0.15) is 90.9 Å². The molecule has 0 saturated carbocycles. The van der Waals surface area contributed by atoms with Crippen molar-refractivity contribution in [3.63, 3.8) is 0 Å². The van der Waals surface area contributed by atoms with E-state index < -0.39 is 0 Å². The normalized spacial score (nSPS) is 10.8. The van der Waals surface area contributed by atoms with Gasteiger partial charge in [-0.1, -0.05) is 93.2 Å². The van der Waals surface area contributed by atoms with E-state index in [4.69, 9.17) is 4.74 Å². The average Bonchev–Trinajstić information content (AvgIpc) is 2.51. The lowest BCUT2D eigenvalue weighted by molar-refractivity contribution is -0.142. The average molecular weight is 349 g/mol. The van der Waals surface area contributed by atoms with Gasteiger partial charge in [-0.2, -0.15) is 0 Å². The van der Waals surface area contributed by atoms with E-state index in [9.17, 15) is 4.79 Å². The highest BCUT2D eigenvalue weighted by molar-refractivity contribution is 8.76. The van der Waals surface area contributed by atoms with E-state index in [0.29, 0.717) is 13.0 Å². The van der Waals surface area contributed by atoms with Gasteiger partial charge in [-0.25, -0.2) is 0 Å². The molecule has 0 aromatic rings. The SMILES string of the molecule is CCCCCCCCCCCCSSCCOC(=O)CCC. The minimum absolute atomic E-state index is 0.0530. The predicted octanol–water partition coefficient (Wildman–Crippen LogP) is 6.63. The molecule has 0 aromatic heterocycles. The Bertz CT molecular complexity index is 235. The van der Waals surface area contributed by atoms with Gasteiger partial charge in [0.25, 0.3) is 0 Å². The zero-order valence-corrected chi connectivity index (χ0v) is 16.4. The van der Waals surface area contributed by atoms with Crippen LogP contribution in [0.2, 0.25) is 0 Å². The third-order valence-corrected chi connectivity index (χ3v) is 6.00. The molecule has 0 atom stereocenters. The van der Waals surface area contributed by atoms with Crippen LogP contribution < -0.4 is 0 Å². The third kappa shape index (κ3) is 18.2. The first-order valence-corrected chi connectivity index (χ1v) is 11.7. The Hall–Kier alpha value is 0.170. The minimum Gasteiger partial charge on any atom is -0.465 e. The van der Waals surface area contributed by atoms with Gasteiger partial charge < -0.3 is 4.74 Å². The molecule has 0 aliphatic carbocycles. The fourth-order valence-electron chi connectivity index (χ4n) is 2.23. The van der Waals surface area contributed by atoms with Crippen LogP contribution in [0.3, 0.4) is 0 Å². The molecule has 0 amide bonds. The molecule has 0 heterocycles. The molecule has 0 rings (SSSR count). The summed E-state index contributed by atoms with van der Waals surface area (Å²) in [5.41, 5.74) is 0. The van der Waals surface area contributed by atoms with Gasteiger partial charge in [0.05, 0.1) is 0 Å². The standard InChI is InChI=1S/C18H36O2S2/c1-3-5-6-7-8-9-10-11-12-13-16-21-22-17-15-20-18(19)14-4-2/h3-17H2,1-2H3. The van der Waals surface area contributed by atoms with Crippen molar-refractivity contribution in [2.45, 2.75) is 90.9 Å². The molecule has 0 aliphatic rings. The van der Waals surface area contributed by atoms with Crippen LogP contribution in [-0.4, -0.2) is 24.1 Å². The first kappa shape index (κ1) is 22.2. The van der Waals surface area contributed by atoms with Gasteiger partial charge in [-0.3, -0.25) is 4.79 Å². The topological polar surface area (TPSA) is 26.3 Å². The Labute approximate surface area is 146 Å². The summed E-state index contributed by atoms with van der Waals surface area (Å²) < 4.78 is 5.12. The van der Waals surface area contributed by atoms with Gasteiger partial charge in [-0.15, -0.1) is 0 Å². The second kappa shape index (κ2) is 19.2. The number of esters is 1.